The van der Waals surface area contributed by atoms with Gasteiger partial charge in [-0.2, -0.15) is 13.2 Å². The fraction of sp³-hybridized carbons (Fsp3) is 0.219. The number of nitrogens with zero attached hydrogens (tertiary/aromatic N) is 4. The maximum atomic E-state index is 13.2. The van der Waals surface area contributed by atoms with E-state index in [0.29, 0.717) is 17.7 Å². The second-order valence-electron chi connectivity index (χ2n) is 10.4. The zero-order valence-electron chi connectivity index (χ0n) is 23.5. The summed E-state index contributed by atoms with van der Waals surface area (Å²) >= 11 is 0. The Labute approximate surface area is 242 Å². The van der Waals surface area contributed by atoms with Crippen LogP contribution in [0.2, 0.25) is 0 Å². The molecule has 42 heavy (non-hydrogen) atoms. The molecule has 2 N–H and O–H groups in total. The number of pyridine rings is 2. The highest BCUT2D eigenvalue weighted by molar-refractivity contribution is 6.05. The number of benzene rings is 2. The minimum absolute atomic E-state index is 0.0646. The number of allylic oxidation sites excluding steroid dienone is 1. The minimum atomic E-state index is -4.51. The standard InChI is InChI=1S/C32H31F3N6O/c1-40(2)15-16-41(3)30-13-12-21(31(42)37-24-9-4-8-23(18-24)32(33,34)35)17-29(30)39-28-19-27(22-7-6-14-36-20-22)38-26-11-5-10-25(26)28/h4-10,12-14,17-20H,11,15-16H2,1-3H3,(H,37,42)(H,38,39). The van der Waals surface area contributed by atoms with Crippen LogP contribution in [0.25, 0.3) is 17.3 Å². The summed E-state index contributed by atoms with van der Waals surface area (Å²) in [5.74, 6) is -0.518. The molecule has 0 atom stereocenters. The van der Waals surface area contributed by atoms with Crippen LogP contribution < -0.4 is 15.5 Å². The number of rotatable bonds is 9. The molecule has 2 heterocycles. The smallest absolute Gasteiger partial charge is 0.372 e. The highest BCUT2D eigenvalue weighted by Gasteiger charge is 2.30. The molecular formula is C32H31F3N6O. The highest BCUT2D eigenvalue weighted by atomic mass is 19.4. The van der Waals surface area contributed by atoms with Crippen molar-refractivity contribution in [1.82, 2.24) is 14.9 Å². The van der Waals surface area contributed by atoms with Crippen molar-refractivity contribution in [2.24, 2.45) is 0 Å². The molecule has 1 aliphatic carbocycles. The number of halogens is 3. The van der Waals surface area contributed by atoms with Gasteiger partial charge in [0.2, 0.25) is 0 Å². The first kappa shape index (κ1) is 28.8. The maximum Gasteiger partial charge on any atom is 0.416 e. The number of hydrogen-bond acceptors (Lipinski definition) is 6. The average Bonchev–Trinajstić information content (AvgIpc) is 3.45. The van der Waals surface area contributed by atoms with Gasteiger partial charge < -0.3 is 20.4 Å². The molecule has 0 saturated carbocycles. The van der Waals surface area contributed by atoms with E-state index in [2.05, 4.69) is 31.5 Å². The number of anilines is 4. The van der Waals surface area contributed by atoms with Gasteiger partial charge in [0, 0.05) is 67.0 Å². The third-order valence-corrected chi connectivity index (χ3v) is 6.96. The van der Waals surface area contributed by atoms with Crippen molar-refractivity contribution in [3.63, 3.8) is 0 Å². The number of carbonyl (C=O) groups is 1. The average molecular weight is 573 g/mol. The molecule has 5 rings (SSSR count). The number of carbonyl (C=O) groups excluding carboxylic acids is 1. The summed E-state index contributed by atoms with van der Waals surface area (Å²) in [5.41, 5.74) is 5.45. The van der Waals surface area contributed by atoms with Crippen LogP contribution in [0.4, 0.5) is 35.9 Å². The van der Waals surface area contributed by atoms with Gasteiger partial charge in [0.25, 0.3) is 5.91 Å². The van der Waals surface area contributed by atoms with Crippen molar-refractivity contribution >= 4 is 34.7 Å². The summed E-state index contributed by atoms with van der Waals surface area (Å²) in [5, 5.41) is 6.15. The molecule has 0 saturated heterocycles. The second-order valence-corrected chi connectivity index (χ2v) is 10.4. The molecule has 0 fully saturated rings. The van der Waals surface area contributed by atoms with Crippen LogP contribution in [0, 0.1) is 0 Å². The quantitative estimate of drug-likeness (QED) is 0.232. The lowest BCUT2D eigenvalue weighted by molar-refractivity contribution is -0.137. The normalized spacial score (nSPS) is 12.4. The van der Waals surface area contributed by atoms with Crippen molar-refractivity contribution in [1.29, 1.82) is 0 Å². The van der Waals surface area contributed by atoms with E-state index in [1.165, 1.54) is 12.1 Å². The first-order chi connectivity index (χ1) is 20.1. The van der Waals surface area contributed by atoms with Crippen molar-refractivity contribution in [2.45, 2.75) is 12.6 Å². The van der Waals surface area contributed by atoms with Crippen LogP contribution in [-0.2, 0) is 12.6 Å². The van der Waals surface area contributed by atoms with E-state index in [1.54, 1.807) is 24.5 Å². The Morgan fingerprint density at radius 2 is 1.81 bits per heavy atom. The van der Waals surface area contributed by atoms with E-state index in [0.717, 1.165) is 59.1 Å². The molecular weight excluding hydrogens is 541 g/mol. The van der Waals surface area contributed by atoms with Crippen molar-refractivity contribution < 1.29 is 18.0 Å². The summed E-state index contributed by atoms with van der Waals surface area (Å²) in [6, 6.07) is 15.6. The molecule has 7 nitrogen and oxygen atoms in total. The number of likely N-dealkylation sites (N-methyl/N-ethyl adjacent to an activating group) is 2. The molecule has 0 spiro atoms. The molecule has 2 aromatic carbocycles. The van der Waals surface area contributed by atoms with Crippen LogP contribution in [0.15, 0.2) is 79.1 Å². The molecule has 216 valence electrons. The van der Waals surface area contributed by atoms with Crippen molar-refractivity contribution in [3.05, 3.63) is 102 Å². The van der Waals surface area contributed by atoms with Gasteiger partial charge in [-0.3, -0.25) is 14.8 Å². The lowest BCUT2D eigenvalue weighted by Gasteiger charge is -2.25. The lowest BCUT2D eigenvalue weighted by Crippen LogP contribution is -2.29. The third kappa shape index (κ3) is 6.60. The van der Waals surface area contributed by atoms with Gasteiger partial charge in [-0.15, -0.1) is 0 Å². The van der Waals surface area contributed by atoms with Gasteiger partial charge in [0.05, 0.1) is 28.3 Å². The van der Waals surface area contributed by atoms with E-state index < -0.39 is 17.6 Å². The van der Waals surface area contributed by atoms with Crippen LogP contribution in [-0.4, -0.2) is 55.0 Å². The maximum absolute atomic E-state index is 13.2. The summed E-state index contributed by atoms with van der Waals surface area (Å²) in [6.07, 6.45) is 3.75. The molecule has 2 aromatic heterocycles. The molecule has 0 bridgehead atoms. The van der Waals surface area contributed by atoms with Crippen LogP contribution in [0.1, 0.15) is 27.2 Å². The van der Waals surface area contributed by atoms with Crippen LogP contribution in [0.5, 0.6) is 0 Å². The minimum Gasteiger partial charge on any atom is -0.372 e. The third-order valence-electron chi connectivity index (χ3n) is 6.96. The zero-order valence-corrected chi connectivity index (χ0v) is 23.5. The molecule has 4 aromatic rings. The Balaban J connectivity index is 1.51. The number of fused-ring (bicyclic) bond motifs is 1. The first-order valence-corrected chi connectivity index (χ1v) is 13.4. The van der Waals surface area contributed by atoms with Crippen LogP contribution >= 0.6 is 0 Å². The monoisotopic (exact) mass is 572 g/mol. The number of nitrogens with one attached hydrogen (secondary N) is 2. The van der Waals surface area contributed by atoms with Gasteiger partial charge in [0.15, 0.2) is 0 Å². The second kappa shape index (κ2) is 12.0. The lowest BCUT2D eigenvalue weighted by atomic mass is 10.1. The van der Waals surface area contributed by atoms with Gasteiger partial charge >= 0.3 is 6.18 Å². The Hall–Kier alpha value is -4.70. The molecule has 1 amide bonds. The van der Waals surface area contributed by atoms with Crippen LogP contribution in [0.3, 0.4) is 0 Å². The van der Waals surface area contributed by atoms with Gasteiger partial charge in [0.1, 0.15) is 0 Å². The fourth-order valence-electron chi connectivity index (χ4n) is 4.71. The van der Waals surface area contributed by atoms with Gasteiger partial charge in [-0.1, -0.05) is 18.2 Å². The van der Waals surface area contributed by atoms with Gasteiger partial charge in [-0.05, 0) is 68.7 Å². The summed E-state index contributed by atoms with van der Waals surface area (Å²) < 4.78 is 39.6. The number of hydrogen-bond donors (Lipinski definition) is 2. The van der Waals surface area contributed by atoms with E-state index in [1.807, 2.05) is 51.5 Å². The molecule has 0 aliphatic heterocycles. The zero-order chi connectivity index (χ0) is 29.9. The fourth-order valence-corrected chi connectivity index (χ4v) is 4.71. The SMILES string of the molecule is CN(C)CCN(C)c1ccc(C(=O)Nc2cccc(C(F)(F)F)c2)cc1Nc1cc(-c2cccnc2)nc2c1C=CC2. The number of aromatic nitrogens is 2. The topological polar surface area (TPSA) is 73.4 Å². The summed E-state index contributed by atoms with van der Waals surface area (Å²) in [4.78, 5) is 26.5. The van der Waals surface area contributed by atoms with Gasteiger partial charge in [-0.25, -0.2) is 0 Å². The Bertz CT molecular complexity index is 1620. The summed E-state index contributed by atoms with van der Waals surface area (Å²) in [7, 11) is 5.98. The van der Waals surface area contributed by atoms with E-state index in [4.69, 9.17) is 4.98 Å². The van der Waals surface area contributed by atoms with E-state index in [9.17, 15) is 18.0 Å². The summed E-state index contributed by atoms with van der Waals surface area (Å²) in [6.45, 7) is 1.54. The highest BCUT2D eigenvalue weighted by Crippen LogP contribution is 2.36. The Morgan fingerprint density at radius 3 is 2.55 bits per heavy atom. The predicted octanol–water partition coefficient (Wildman–Crippen LogP) is 6.73. The molecule has 10 heteroatoms. The first-order valence-electron chi connectivity index (χ1n) is 13.4. The largest absolute Gasteiger partial charge is 0.416 e. The van der Waals surface area contributed by atoms with E-state index >= 15 is 0 Å². The number of alkyl halides is 3. The molecule has 1 aliphatic rings. The molecule has 0 radical (unpaired) electrons. The Kier molecular flexibility index (Phi) is 8.26. The molecule has 0 unspecified atom stereocenters. The van der Waals surface area contributed by atoms with Crippen molar-refractivity contribution in [2.75, 3.05) is 49.8 Å². The van der Waals surface area contributed by atoms with Crippen molar-refractivity contribution in [3.8, 4) is 11.3 Å². The van der Waals surface area contributed by atoms with E-state index in [-0.39, 0.29) is 5.69 Å². The number of amides is 1. The Morgan fingerprint density at radius 1 is 0.976 bits per heavy atom. The predicted molar refractivity (Wildman–Crippen MR) is 161 cm³/mol.